The van der Waals surface area contributed by atoms with Crippen molar-refractivity contribution in [2.24, 2.45) is 21.7 Å². The normalized spacial score (nSPS) is 19.0. The summed E-state index contributed by atoms with van der Waals surface area (Å²) in [4.78, 5) is 0. The van der Waals surface area contributed by atoms with Crippen molar-refractivity contribution >= 4 is 27.6 Å². The van der Waals surface area contributed by atoms with E-state index in [2.05, 4.69) is 38.3 Å². The van der Waals surface area contributed by atoms with Crippen LogP contribution in [0.25, 0.3) is 0 Å². The van der Waals surface area contributed by atoms with Gasteiger partial charge in [0.05, 0.1) is 12.0 Å². The van der Waals surface area contributed by atoms with Crippen LogP contribution in [0.15, 0.2) is 49.6 Å². The van der Waals surface area contributed by atoms with E-state index in [9.17, 15) is 0 Å². The molecule has 0 radical (unpaired) electrons. The predicted molar refractivity (Wildman–Crippen MR) is 91.0 cm³/mol. The molecule has 0 fully saturated rings. The van der Waals surface area contributed by atoms with E-state index < -0.39 is 0 Å². The summed E-state index contributed by atoms with van der Waals surface area (Å²) in [6.07, 6.45) is 3.39. The number of fused-ring (bicyclic) bond motifs is 1. The fourth-order valence-electron chi connectivity index (χ4n) is 2.87. The van der Waals surface area contributed by atoms with Crippen LogP contribution in [0, 0.1) is 6.92 Å². The summed E-state index contributed by atoms with van der Waals surface area (Å²) in [5.41, 5.74) is 15.0. The molecule has 0 saturated heterocycles. The van der Waals surface area contributed by atoms with Gasteiger partial charge in [-0.05, 0) is 42.5 Å². The van der Waals surface area contributed by atoms with Crippen molar-refractivity contribution in [1.82, 2.24) is 0 Å². The second-order valence-electron chi connectivity index (χ2n) is 5.45. The molecule has 2 aromatic rings. The lowest BCUT2D eigenvalue weighted by atomic mass is 9.81. The van der Waals surface area contributed by atoms with E-state index in [0.717, 1.165) is 39.9 Å². The molecule has 0 aliphatic heterocycles. The first-order chi connectivity index (χ1) is 10.5. The Morgan fingerprint density at radius 3 is 2.86 bits per heavy atom. The van der Waals surface area contributed by atoms with E-state index in [1.165, 1.54) is 5.56 Å². The fraction of sp³-hybridized carbons (Fsp3) is 0.250. The maximum absolute atomic E-state index is 5.70. The molecule has 1 heterocycles. The number of halogens is 1. The van der Waals surface area contributed by atoms with Gasteiger partial charge in [-0.15, -0.1) is 5.10 Å². The summed E-state index contributed by atoms with van der Waals surface area (Å²) in [5, 5.41) is 8.06. The Bertz CT molecular complexity index is 759. The van der Waals surface area contributed by atoms with Gasteiger partial charge < -0.3 is 15.9 Å². The van der Waals surface area contributed by atoms with Gasteiger partial charge in [-0.3, -0.25) is 0 Å². The Morgan fingerprint density at radius 1 is 1.32 bits per heavy atom. The van der Waals surface area contributed by atoms with E-state index in [0.29, 0.717) is 5.92 Å². The van der Waals surface area contributed by atoms with E-state index in [-0.39, 0.29) is 5.96 Å². The highest BCUT2D eigenvalue weighted by molar-refractivity contribution is 9.10. The van der Waals surface area contributed by atoms with Gasteiger partial charge in [0, 0.05) is 16.5 Å². The summed E-state index contributed by atoms with van der Waals surface area (Å²) in [6, 6.07) is 8.30. The first-order valence-corrected chi connectivity index (χ1v) is 7.82. The molecule has 5 nitrogen and oxygen atoms in total. The fourth-order valence-corrected chi connectivity index (χ4v) is 3.29. The average molecular weight is 361 g/mol. The lowest BCUT2D eigenvalue weighted by Gasteiger charge is -2.23. The zero-order valence-electron chi connectivity index (χ0n) is 12.2. The molecule has 0 amide bonds. The smallest absolute Gasteiger partial charge is 0.211 e. The molecule has 0 bridgehead atoms. The number of nitrogens with two attached hydrogens (primary N) is 2. The third kappa shape index (κ3) is 2.92. The van der Waals surface area contributed by atoms with E-state index >= 15 is 0 Å². The highest BCUT2D eigenvalue weighted by atomic mass is 79.9. The summed E-state index contributed by atoms with van der Waals surface area (Å²) in [7, 11) is 0. The molecular formula is C16H17BrN4O. The highest BCUT2D eigenvalue weighted by Crippen LogP contribution is 2.36. The van der Waals surface area contributed by atoms with Gasteiger partial charge in [-0.1, -0.05) is 28.1 Å². The third-order valence-electron chi connectivity index (χ3n) is 3.82. The monoisotopic (exact) mass is 360 g/mol. The second kappa shape index (κ2) is 5.96. The van der Waals surface area contributed by atoms with Gasteiger partial charge in [0.25, 0.3) is 0 Å². The van der Waals surface area contributed by atoms with Crippen LogP contribution in [-0.4, -0.2) is 11.7 Å². The van der Waals surface area contributed by atoms with Crippen LogP contribution in [0.1, 0.15) is 34.8 Å². The Morgan fingerprint density at radius 2 is 2.14 bits per heavy atom. The molecule has 0 saturated carbocycles. The summed E-state index contributed by atoms with van der Waals surface area (Å²) < 4.78 is 6.77. The predicted octanol–water partition coefficient (Wildman–Crippen LogP) is 3.06. The number of hydrogen-bond acceptors (Lipinski definition) is 3. The Kier molecular flexibility index (Phi) is 4.02. The lowest BCUT2D eigenvalue weighted by Crippen LogP contribution is -2.23. The van der Waals surface area contributed by atoms with Crippen LogP contribution in [-0.2, 0) is 6.42 Å². The van der Waals surface area contributed by atoms with Crippen molar-refractivity contribution in [3.05, 3.63) is 57.5 Å². The highest BCUT2D eigenvalue weighted by Gasteiger charge is 2.29. The minimum atomic E-state index is -0.0419. The number of aryl methyl sites for hydroxylation is 1. The number of furan rings is 1. The third-order valence-corrected chi connectivity index (χ3v) is 4.31. The van der Waals surface area contributed by atoms with Crippen LogP contribution in [0.4, 0.5) is 0 Å². The standard InChI is InChI=1S/C16H17BrN4O/c1-9-8-22-14-7-11(10-3-2-4-12(17)5-10)6-13(15(9)14)20-21-16(18)19/h2-5,8,11H,6-7H2,1H3,(H4,18,19,21)/b20-13+. The second-order valence-corrected chi connectivity index (χ2v) is 6.36. The van der Waals surface area contributed by atoms with Crippen LogP contribution >= 0.6 is 15.9 Å². The molecule has 114 valence electrons. The number of guanidine groups is 1. The molecule has 3 rings (SSSR count). The minimum Gasteiger partial charge on any atom is -0.468 e. The first kappa shape index (κ1) is 14.8. The molecule has 1 aromatic heterocycles. The van der Waals surface area contributed by atoms with Gasteiger partial charge in [0.1, 0.15) is 5.76 Å². The average Bonchev–Trinajstić information content (AvgIpc) is 2.86. The molecule has 1 aliphatic carbocycles. The van der Waals surface area contributed by atoms with E-state index in [1.807, 2.05) is 19.1 Å². The number of nitrogens with zero attached hydrogens (tertiary/aromatic N) is 2. The van der Waals surface area contributed by atoms with Gasteiger partial charge in [-0.25, -0.2) is 0 Å². The molecule has 1 atom stereocenters. The van der Waals surface area contributed by atoms with E-state index in [1.54, 1.807) is 6.26 Å². The van der Waals surface area contributed by atoms with Crippen molar-refractivity contribution in [2.75, 3.05) is 0 Å². The largest absolute Gasteiger partial charge is 0.468 e. The summed E-state index contributed by atoms with van der Waals surface area (Å²) in [5.74, 6) is 1.20. The molecule has 1 aliphatic rings. The topological polar surface area (TPSA) is 89.9 Å². The maximum atomic E-state index is 5.70. The summed E-state index contributed by atoms with van der Waals surface area (Å²) >= 11 is 3.52. The summed E-state index contributed by atoms with van der Waals surface area (Å²) in [6.45, 7) is 2.01. The van der Waals surface area contributed by atoms with Crippen molar-refractivity contribution in [2.45, 2.75) is 25.7 Å². The molecule has 22 heavy (non-hydrogen) atoms. The van der Waals surface area contributed by atoms with Gasteiger partial charge in [0.2, 0.25) is 5.96 Å². The van der Waals surface area contributed by atoms with Gasteiger partial charge >= 0.3 is 0 Å². The maximum Gasteiger partial charge on any atom is 0.211 e. The van der Waals surface area contributed by atoms with Crippen LogP contribution in [0.5, 0.6) is 0 Å². The van der Waals surface area contributed by atoms with Crippen LogP contribution < -0.4 is 11.5 Å². The molecule has 1 aromatic carbocycles. The van der Waals surface area contributed by atoms with Crippen LogP contribution in [0.2, 0.25) is 0 Å². The molecule has 6 heteroatoms. The lowest BCUT2D eigenvalue weighted by molar-refractivity contribution is 0.480. The van der Waals surface area contributed by atoms with E-state index in [4.69, 9.17) is 15.9 Å². The molecule has 1 unspecified atom stereocenters. The van der Waals surface area contributed by atoms with Crippen molar-refractivity contribution in [3.8, 4) is 0 Å². The van der Waals surface area contributed by atoms with Crippen molar-refractivity contribution in [1.29, 1.82) is 0 Å². The number of hydrogen-bond donors (Lipinski definition) is 2. The quantitative estimate of drug-likeness (QED) is 0.489. The SMILES string of the molecule is Cc1coc2c1/C(=N/N=C(N)N)CC(c1cccc(Br)c1)C2. The zero-order valence-corrected chi connectivity index (χ0v) is 13.8. The molecule has 4 N–H and O–H groups in total. The minimum absolute atomic E-state index is 0.0419. The molecular weight excluding hydrogens is 344 g/mol. The number of rotatable bonds is 2. The first-order valence-electron chi connectivity index (χ1n) is 7.03. The van der Waals surface area contributed by atoms with Crippen molar-refractivity contribution in [3.63, 3.8) is 0 Å². The van der Waals surface area contributed by atoms with Gasteiger partial charge in [-0.2, -0.15) is 5.10 Å². The van der Waals surface area contributed by atoms with Crippen molar-refractivity contribution < 1.29 is 4.42 Å². The Balaban J connectivity index is 2.02. The Hall–Kier alpha value is -2.08. The molecule has 0 spiro atoms. The number of benzene rings is 1. The van der Waals surface area contributed by atoms with Crippen LogP contribution in [0.3, 0.4) is 0 Å². The Labute approximate surface area is 137 Å². The zero-order chi connectivity index (χ0) is 15.7. The van der Waals surface area contributed by atoms with Gasteiger partial charge in [0.15, 0.2) is 0 Å².